The molecule has 0 aliphatic carbocycles. The standard InChI is InChI=1S/C17H15N3O/c18-16(21)11-14-12-20(15-9-5-2-6-10-15)19-17(14)13-7-3-1-4-8-13/h1-10,12H,11H2,(H2,18,21). The fraction of sp³-hybridized carbons (Fsp3) is 0.0588. The highest BCUT2D eigenvalue weighted by Crippen LogP contribution is 2.23. The van der Waals surface area contributed by atoms with Crippen molar-refractivity contribution in [2.75, 3.05) is 0 Å². The second-order valence-electron chi connectivity index (χ2n) is 4.79. The summed E-state index contributed by atoms with van der Waals surface area (Å²) >= 11 is 0. The molecule has 0 saturated heterocycles. The SMILES string of the molecule is NC(=O)Cc1cn(-c2ccccc2)nc1-c1ccccc1. The summed E-state index contributed by atoms with van der Waals surface area (Å²) < 4.78 is 1.78. The first-order chi connectivity index (χ1) is 10.2. The Morgan fingerprint density at radius 3 is 2.24 bits per heavy atom. The van der Waals surface area contributed by atoms with Gasteiger partial charge in [-0.25, -0.2) is 4.68 Å². The van der Waals surface area contributed by atoms with Crippen LogP contribution in [0.3, 0.4) is 0 Å². The Morgan fingerprint density at radius 1 is 1.00 bits per heavy atom. The lowest BCUT2D eigenvalue weighted by molar-refractivity contribution is -0.117. The van der Waals surface area contributed by atoms with E-state index in [1.807, 2.05) is 66.9 Å². The summed E-state index contributed by atoms with van der Waals surface area (Å²) in [5.41, 5.74) is 8.89. The molecular formula is C17H15N3O. The van der Waals surface area contributed by atoms with Gasteiger partial charge in [-0.1, -0.05) is 48.5 Å². The predicted octanol–water partition coefficient (Wildman–Crippen LogP) is 2.57. The molecule has 3 aromatic rings. The zero-order valence-electron chi connectivity index (χ0n) is 11.4. The average molecular weight is 277 g/mol. The van der Waals surface area contributed by atoms with Gasteiger partial charge in [-0.3, -0.25) is 4.79 Å². The number of aromatic nitrogens is 2. The largest absolute Gasteiger partial charge is 0.369 e. The van der Waals surface area contributed by atoms with E-state index in [1.54, 1.807) is 4.68 Å². The lowest BCUT2D eigenvalue weighted by atomic mass is 10.1. The zero-order valence-corrected chi connectivity index (χ0v) is 11.4. The Balaban J connectivity index is 2.10. The molecule has 21 heavy (non-hydrogen) atoms. The van der Waals surface area contributed by atoms with E-state index in [2.05, 4.69) is 5.10 Å². The molecule has 0 radical (unpaired) electrons. The number of nitrogens with two attached hydrogens (primary N) is 1. The van der Waals surface area contributed by atoms with E-state index in [4.69, 9.17) is 5.73 Å². The molecule has 0 bridgehead atoms. The first-order valence-electron chi connectivity index (χ1n) is 6.72. The van der Waals surface area contributed by atoms with E-state index in [0.29, 0.717) is 0 Å². The van der Waals surface area contributed by atoms with Gasteiger partial charge in [-0.05, 0) is 12.1 Å². The molecule has 2 N–H and O–H groups in total. The third-order valence-electron chi connectivity index (χ3n) is 3.22. The van der Waals surface area contributed by atoms with Crippen molar-refractivity contribution in [2.45, 2.75) is 6.42 Å². The number of carbonyl (C=O) groups excluding carboxylic acids is 1. The Kier molecular flexibility index (Phi) is 3.51. The quantitative estimate of drug-likeness (QED) is 0.796. The van der Waals surface area contributed by atoms with Gasteiger partial charge >= 0.3 is 0 Å². The van der Waals surface area contributed by atoms with Crippen LogP contribution in [0.4, 0.5) is 0 Å². The molecule has 0 unspecified atom stereocenters. The zero-order chi connectivity index (χ0) is 14.7. The Labute approximate surface area is 122 Å². The first kappa shape index (κ1) is 13.1. The number of hydrogen-bond acceptors (Lipinski definition) is 2. The molecule has 0 saturated carbocycles. The number of benzene rings is 2. The molecule has 3 rings (SSSR count). The lowest BCUT2D eigenvalue weighted by Gasteiger charge is -2.00. The molecule has 1 aromatic heterocycles. The molecule has 1 amide bonds. The third-order valence-corrected chi connectivity index (χ3v) is 3.22. The fourth-order valence-corrected chi connectivity index (χ4v) is 2.28. The maximum absolute atomic E-state index is 11.3. The van der Waals surface area contributed by atoms with Crippen LogP contribution in [0.5, 0.6) is 0 Å². The second kappa shape index (κ2) is 5.63. The number of nitrogens with zero attached hydrogens (tertiary/aromatic N) is 2. The summed E-state index contributed by atoms with van der Waals surface area (Å²) in [4.78, 5) is 11.3. The van der Waals surface area contributed by atoms with Gasteiger partial charge in [0.1, 0.15) is 0 Å². The Bertz CT molecular complexity index is 748. The number of hydrogen-bond donors (Lipinski definition) is 1. The van der Waals surface area contributed by atoms with Gasteiger partial charge in [0.15, 0.2) is 0 Å². The number of carbonyl (C=O) groups is 1. The summed E-state index contributed by atoms with van der Waals surface area (Å²) in [5, 5.41) is 4.61. The Hall–Kier alpha value is -2.88. The number of rotatable bonds is 4. The van der Waals surface area contributed by atoms with Gasteiger partial charge in [0.05, 0.1) is 17.8 Å². The highest BCUT2D eigenvalue weighted by molar-refractivity contribution is 5.79. The van der Waals surface area contributed by atoms with E-state index >= 15 is 0 Å². The molecular weight excluding hydrogens is 262 g/mol. The van der Waals surface area contributed by atoms with E-state index < -0.39 is 0 Å². The maximum atomic E-state index is 11.3. The van der Waals surface area contributed by atoms with Gasteiger partial charge in [0.2, 0.25) is 5.91 Å². The summed E-state index contributed by atoms with van der Waals surface area (Å²) in [6.07, 6.45) is 2.04. The van der Waals surface area contributed by atoms with Crippen molar-refractivity contribution in [1.82, 2.24) is 9.78 Å². The normalized spacial score (nSPS) is 10.5. The molecule has 2 aromatic carbocycles. The van der Waals surface area contributed by atoms with Crippen molar-refractivity contribution < 1.29 is 4.79 Å². The van der Waals surface area contributed by atoms with Crippen molar-refractivity contribution in [3.05, 3.63) is 72.4 Å². The fourth-order valence-electron chi connectivity index (χ4n) is 2.28. The van der Waals surface area contributed by atoms with Crippen molar-refractivity contribution in [1.29, 1.82) is 0 Å². The highest BCUT2D eigenvalue weighted by Gasteiger charge is 2.13. The van der Waals surface area contributed by atoms with Crippen LogP contribution in [0.25, 0.3) is 16.9 Å². The average Bonchev–Trinajstić information content (AvgIpc) is 2.92. The second-order valence-corrected chi connectivity index (χ2v) is 4.79. The van der Waals surface area contributed by atoms with Crippen LogP contribution in [0.1, 0.15) is 5.56 Å². The molecule has 0 aliphatic heterocycles. The molecule has 4 nitrogen and oxygen atoms in total. The van der Waals surface area contributed by atoms with Crippen LogP contribution in [0.15, 0.2) is 66.9 Å². The summed E-state index contributed by atoms with van der Waals surface area (Å²) in [6, 6.07) is 19.6. The monoisotopic (exact) mass is 277 g/mol. The third kappa shape index (κ3) is 2.84. The molecule has 0 spiro atoms. The van der Waals surface area contributed by atoms with Crippen LogP contribution in [-0.4, -0.2) is 15.7 Å². The lowest BCUT2D eigenvalue weighted by Crippen LogP contribution is -2.13. The highest BCUT2D eigenvalue weighted by atomic mass is 16.1. The first-order valence-corrected chi connectivity index (χ1v) is 6.72. The van der Waals surface area contributed by atoms with E-state index in [-0.39, 0.29) is 12.3 Å². The van der Waals surface area contributed by atoms with Crippen LogP contribution < -0.4 is 5.73 Å². The van der Waals surface area contributed by atoms with Crippen molar-refractivity contribution in [3.63, 3.8) is 0 Å². The van der Waals surface area contributed by atoms with Crippen molar-refractivity contribution in [3.8, 4) is 16.9 Å². The number of amides is 1. The summed E-state index contributed by atoms with van der Waals surface area (Å²) in [7, 11) is 0. The van der Waals surface area contributed by atoms with E-state index in [0.717, 1.165) is 22.5 Å². The van der Waals surface area contributed by atoms with Crippen LogP contribution in [0.2, 0.25) is 0 Å². The minimum Gasteiger partial charge on any atom is -0.369 e. The summed E-state index contributed by atoms with van der Waals surface area (Å²) in [5.74, 6) is -0.361. The molecule has 4 heteroatoms. The van der Waals surface area contributed by atoms with Gasteiger partial charge in [0.25, 0.3) is 0 Å². The number of para-hydroxylation sites is 1. The minimum atomic E-state index is -0.361. The molecule has 0 fully saturated rings. The van der Waals surface area contributed by atoms with Gasteiger partial charge in [0, 0.05) is 17.3 Å². The molecule has 0 aliphatic rings. The topological polar surface area (TPSA) is 60.9 Å². The van der Waals surface area contributed by atoms with Crippen LogP contribution in [-0.2, 0) is 11.2 Å². The van der Waals surface area contributed by atoms with Gasteiger partial charge in [-0.15, -0.1) is 0 Å². The minimum absolute atomic E-state index is 0.178. The molecule has 1 heterocycles. The molecule has 0 atom stereocenters. The van der Waals surface area contributed by atoms with E-state index in [1.165, 1.54) is 0 Å². The molecule has 104 valence electrons. The predicted molar refractivity (Wildman–Crippen MR) is 81.9 cm³/mol. The van der Waals surface area contributed by atoms with Crippen molar-refractivity contribution >= 4 is 5.91 Å². The van der Waals surface area contributed by atoms with Crippen LogP contribution in [0, 0.1) is 0 Å². The number of primary amides is 1. The van der Waals surface area contributed by atoms with Crippen molar-refractivity contribution in [2.24, 2.45) is 5.73 Å². The Morgan fingerprint density at radius 2 is 1.62 bits per heavy atom. The maximum Gasteiger partial charge on any atom is 0.221 e. The summed E-state index contributed by atoms with van der Waals surface area (Å²) in [6.45, 7) is 0. The van der Waals surface area contributed by atoms with E-state index in [9.17, 15) is 4.79 Å². The van der Waals surface area contributed by atoms with Gasteiger partial charge < -0.3 is 5.73 Å². The van der Waals surface area contributed by atoms with Crippen LogP contribution >= 0.6 is 0 Å². The van der Waals surface area contributed by atoms with Gasteiger partial charge in [-0.2, -0.15) is 5.10 Å². The smallest absolute Gasteiger partial charge is 0.221 e.